The Kier molecular flexibility index (Phi) is 15.0. The molecule has 0 bridgehead atoms. The maximum atomic E-state index is 15.2. The Labute approximate surface area is 278 Å². The number of carbonyl (C=O) groups excluding carboxylic acids is 3. The van der Waals surface area contributed by atoms with E-state index in [4.69, 9.17) is 23.3 Å². The number of benzene rings is 3. The first-order chi connectivity index (χ1) is 23.0. The summed E-state index contributed by atoms with van der Waals surface area (Å²) in [5.74, 6) is -0.651. The quantitative estimate of drug-likeness (QED) is 0.0809. The Balaban J connectivity index is 1.63. The maximum Gasteiger partial charge on any atom is 0.408 e. The molecule has 0 unspecified atom stereocenters. The van der Waals surface area contributed by atoms with Gasteiger partial charge in [-0.3, -0.25) is 9.36 Å². The molecule has 1 atom stereocenters. The van der Waals surface area contributed by atoms with E-state index >= 15 is 8.78 Å². The molecule has 3 aromatic carbocycles. The van der Waals surface area contributed by atoms with Gasteiger partial charge >= 0.3 is 25.3 Å². The fourth-order valence-electron chi connectivity index (χ4n) is 4.51. The summed E-state index contributed by atoms with van der Waals surface area (Å²) in [6.07, 6.45) is 0.158. The van der Waals surface area contributed by atoms with Crippen LogP contribution in [-0.4, -0.2) is 57.5 Å². The molecule has 0 aliphatic carbocycles. The van der Waals surface area contributed by atoms with Crippen LogP contribution in [0.1, 0.15) is 53.7 Å². The summed E-state index contributed by atoms with van der Waals surface area (Å²) in [6.45, 7) is 2.90. The highest BCUT2D eigenvalue weighted by Crippen LogP contribution is 2.66. The lowest BCUT2D eigenvalue weighted by Crippen LogP contribution is -2.48. The van der Waals surface area contributed by atoms with Crippen molar-refractivity contribution in [1.29, 1.82) is 0 Å². The standard InChI is InChI=1S/C34H41F2N2O9P/c1-4-46-48(42,47-5-2)34(35,36)27-19-17-25(18-20-27)23-29(38-33(41)45-24-26-13-7-6-8-14-26)31(39)37-21-11-12-22-44-30-16-10-9-15-28(30)32(40)43-3/h6-10,13-20,29H,4-5,11-12,21-24H2,1-3H3,(H,37,39)(H,38,41)/t29-/m0/s1. The molecule has 14 heteroatoms. The second-order valence-electron chi connectivity index (χ2n) is 10.4. The molecule has 0 aromatic heterocycles. The Hall–Kier alpha value is -4.32. The third-order valence-corrected chi connectivity index (χ3v) is 9.07. The lowest BCUT2D eigenvalue weighted by molar-refractivity contribution is -0.123. The van der Waals surface area contributed by atoms with E-state index in [1.54, 1.807) is 48.5 Å². The summed E-state index contributed by atoms with van der Waals surface area (Å²) in [5.41, 5.74) is -3.00. The summed E-state index contributed by atoms with van der Waals surface area (Å²) in [4.78, 5) is 37.8. The van der Waals surface area contributed by atoms with E-state index in [9.17, 15) is 18.9 Å². The molecule has 2 N–H and O–H groups in total. The fourth-order valence-corrected chi connectivity index (χ4v) is 6.05. The number of esters is 1. The predicted molar refractivity (Wildman–Crippen MR) is 174 cm³/mol. The zero-order valence-corrected chi connectivity index (χ0v) is 28.0. The van der Waals surface area contributed by atoms with Gasteiger partial charge in [-0.2, -0.15) is 8.78 Å². The Morgan fingerprint density at radius 2 is 1.50 bits per heavy atom. The number of nitrogens with one attached hydrogen (secondary N) is 2. The van der Waals surface area contributed by atoms with Crippen LogP contribution in [0.2, 0.25) is 0 Å². The Morgan fingerprint density at radius 3 is 2.15 bits per heavy atom. The number of hydrogen-bond donors (Lipinski definition) is 2. The van der Waals surface area contributed by atoms with Gasteiger partial charge in [0.05, 0.1) is 26.9 Å². The van der Waals surface area contributed by atoms with Crippen molar-refractivity contribution in [2.45, 2.75) is 51.4 Å². The lowest BCUT2D eigenvalue weighted by Gasteiger charge is -2.26. The SMILES string of the molecule is CCOP(=O)(OCC)C(F)(F)c1ccc(C[C@H](NC(=O)OCc2ccccc2)C(=O)NCCCCOc2ccccc2C(=O)OC)cc1. The number of rotatable bonds is 19. The number of hydrogen-bond acceptors (Lipinski definition) is 9. The molecule has 48 heavy (non-hydrogen) atoms. The highest BCUT2D eigenvalue weighted by molar-refractivity contribution is 7.54. The average Bonchev–Trinajstić information content (AvgIpc) is 3.09. The van der Waals surface area contributed by atoms with Crippen molar-refractivity contribution in [3.8, 4) is 5.75 Å². The van der Waals surface area contributed by atoms with E-state index < -0.39 is 42.8 Å². The van der Waals surface area contributed by atoms with Crippen LogP contribution in [0, 0.1) is 0 Å². The number of para-hydroxylation sites is 1. The number of methoxy groups -OCH3 is 1. The zero-order chi connectivity index (χ0) is 35.0. The van der Waals surface area contributed by atoms with Crippen molar-refractivity contribution in [2.75, 3.05) is 33.5 Å². The Morgan fingerprint density at radius 1 is 0.854 bits per heavy atom. The largest absolute Gasteiger partial charge is 0.493 e. The monoisotopic (exact) mass is 690 g/mol. The van der Waals surface area contributed by atoms with Crippen molar-refractivity contribution in [2.24, 2.45) is 0 Å². The molecule has 11 nitrogen and oxygen atoms in total. The van der Waals surface area contributed by atoms with Gasteiger partial charge in [-0.1, -0.05) is 66.7 Å². The number of halogens is 2. The van der Waals surface area contributed by atoms with Gasteiger partial charge in [-0.15, -0.1) is 0 Å². The summed E-state index contributed by atoms with van der Waals surface area (Å²) >= 11 is 0. The molecule has 0 fully saturated rings. The summed E-state index contributed by atoms with van der Waals surface area (Å²) in [7, 11) is -3.52. The fraction of sp³-hybridized carbons (Fsp3) is 0.382. The molecule has 260 valence electrons. The molecular formula is C34H41F2N2O9P. The van der Waals surface area contributed by atoms with Crippen LogP contribution in [0.3, 0.4) is 0 Å². The van der Waals surface area contributed by atoms with Crippen molar-refractivity contribution in [1.82, 2.24) is 10.6 Å². The van der Waals surface area contributed by atoms with Crippen LogP contribution in [0.5, 0.6) is 5.75 Å². The second kappa shape index (κ2) is 18.9. The molecule has 0 heterocycles. The van der Waals surface area contributed by atoms with Gasteiger partial charge in [0.15, 0.2) is 0 Å². The highest BCUT2D eigenvalue weighted by atomic mass is 31.2. The second-order valence-corrected chi connectivity index (χ2v) is 12.4. The summed E-state index contributed by atoms with van der Waals surface area (Å²) < 4.78 is 68.8. The number of unbranched alkanes of at least 4 members (excludes halogenated alkanes) is 1. The van der Waals surface area contributed by atoms with Gasteiger partial charge in [0.1, 0.15) is 24.0 Å². The zero-order valence-electron chi connectivity index (χ0n) is 27.1. The number of alkyl halides is 2. The van der Waals surface area contributed by atoms with Gasteiger partial charge < -0.3 is 33.9 Å². The topological polar surface area (TPSA) is 138 Å². The lowest BCUT2D eigenvalue weighted by atomic mass is 10.0. The van der Waals surface area contributed by atoms with E-state index in [0.29, 0.717) is 29.7 Å². The van der Waals surface area contributed by atoms with E-state index in [0.717, 1.165) is 17.7 Å². The van der Waals surface area contributed by atoms with E-state index in [2.05, 4.69) is 10.6 Å². The van der Waals surface area contributed by atoms with Gasteiger partial charge in [0, 0.05) is 18.5 Å². The first-order valence-corrected chi connectivity index (χ1v) is 17.0. The molecule has 3 rings (SSSR count). The van der Waals surface area contributed by atoms with Gasteiger partial charge in [-0.25, -0.2) is 9.59 Å². The van der Waals surface area contributed by atoms with Crippen molar-refractivity contribution in [3.63, 3.8) is 0 Å². The van der Waals surface area contributed by atoms with E-state index in [-0.39, 0.29) is 39.4 Å². The maximum absolute atomic E-state index is 15.2. The van der Waals surface area contributed by atoms with Crippen molar-refractivity contribution < 1.29 is 51.0 Å². The normalized spacial score (nSPS) is 12.1. The van der Waals surface area contributed by atoms with Gasteiger partial charge in [-0.05, 0) is 49.9 Å². The summed E-state index contributed by atoms with van der Waals surface area (Å²) in [5, 5.41) is 5.33. The molecule has 0 spiro atoms. The Bertz CT molecular complexity index is 1510. The average molecular weight is 691 g/mol. The smallest absolute Gasteiger partial charge is 0.408 e. The highest BCUT2D eigenvalue weighted by Gasteiger charge is 2.54. The molecule has 0 aliphatic heterocycles. The molecule has 0 saturated carbocycles. The first-order valence-electron chi connectivity index (χ1n) is 15.5. The van der Waals surface area contributed by atoms with Crippen LogP contribution in [0.15, 0.2) is 78.9 Å². The van der Waals surface area contributed by atoms with Gasteiger partial charge in [0.2, 0.25) is 5.91 Å². The molecule has 0 aliphatic rings. The number of ether oxygens (including phenoxy) is 3. The summed E-state index contributed by atoms with van der Waals surface area (Å²) in [6, 6.07) is 19.4. The van der Waals surface area contributed by atoms with E-state index in [1.165, 1.54) is 33.1 Å². The van der Waals surface area contributed by atoms with Crippen LogP contribution >= 0.6 is 7.60 Å². The molecular weight excluding hydrogens is 649 g/mol. The van der Waals surface area contributed by atoms with Crippen LogP contribution in [-0.2, 0) is 46.6 Å². The van der Waals surface area contributed by atoms with Crippen molar-refractivity contribution in [3.05, 3.63) is 101 Å². The minimum Gasteiger partial charge on any atom is -0.493 e. The molecule has 0 radical (unpaired) electrons. The predicted octanol–water partition coefficient (Wildman–Crippen LogP) is 6.60. The third-order valence-electron chi connectivity index (χ3n) is 6.92. The molecule has 2 amide bonds. The minimum absolute atomic E-state index is 0.0242. The van der Waals surface area contributed by atoms with Crippen molar-refractivity contribution >= 4 is 25.6 Å². The first kappa shape index (κ1) is 38.1. The molecule has 3 aromatic rings. The van der Waals surface area contributed by atoms with Crippen LogP contribution < -0.4 is 15.4 Å². The third kappa shape index (κ3) is 10.9. The molecule has 0 saturated heterocycles. The van der Waals surface area contributed by atoms with Crippen LogP contribution in [0.25, 0.3) is 0 Å². The minimum atomic E-state index is -4.80. The number of alkyl carbamates (subject to hydrolysis) is 1. The van der Waals surface area contributed by atoms with Crippen LogP contribution in [0.4, 0.5) is 13.6 Å². The van der Waals surface area contributed by atoms with E-state index in [1.807, 2.05) is 6.07 Å². The van der Waals surface area contributed by atoms with Gasteiger partial charge in [0.25, 0.3) is 0 Å². The number of carbonyl (C=O) groups is 3. The number of amides is 2.